The van der Waals surface area contributed by atoms with E-state index in [1.165, 1.54) is 0 Å². The van der Waals surface area contributed by atoms with Gasteiger partial charge in [-0.1, -0.05) is 13.8 Å². The van der Waals surface area contributed by atoms with E-state index in [0.717, 1.165) is 6.42 Å². The number of esters is 1. The van der Waals surface area contributed by atoms with Gasteiger partial charge in [-0.2, -0.15) is 0 Å². The lowest BCUT2D eigenvalue weighted by Gasteiger charge is -2.08. The number of urea groups is 1. The van der Waals surface area contributed by atoms with Gasteiger partial charge in [0.05, 0.1) is 6.61 Å². The second-order valence-corrected chi connectivity index (χ2v) is 4.38. The highest BCUT2D eigenvalue weighted by Crippen LogP contribution is 2.44. The number of hydrogen-bond acceptors (Lipinski definition) is 3. The standard InChI is InChI=1S/C10H18N2O3/c1-4-15-8(13)6-11-9(14)12-7-5-10(7,2)3/h7H,4-6H2,1-3H3,(H2,11,12,14). The maximum atomic E-state index is 11.3. The molecule has 1 rings (SSSR count). The summed E-state index contributed by atoms with van der Waals surface area (Å²) < 4.78 is 4.67. The summed E-state index contributed by atoms with van der Waals surface area (Å²) in [6.07, 6.45) is 0.986. The molecule has 0 bridgehead atoms. The van der Waals surface area contributed by atoms with Crippen LogP contribution in [0.15, 0.2) is 0 Å². The van der Waals surface area contributed by atoms with Crippen molar-refractivity contribution in [3.63, 3.8) is 0 Å². The molecule has 1 unspecified atom stereocenters. The van der Waals surface area contributed by atoms with E-state index in [4.69, 9.17) is 0 Å². The van der Waals surface area contributed by atoms with Crippen molar-refractivity contribution in [2.75, 3.05) is 13.2 Å². The van der Waals surface area contributed by atoms with Gasteiger partial charge < -0.3 is 15.4 Å². The quantitative estimate of drug-likeness (QED) is 0.675. The zero-order valence-electron chi connectivity index (χ0n) is 9.42. The summed E-state index contributed by atoms with van der Waals surface area (Å²) in [5.41, 5.74) is 0.196. The summed E-state index contributed by atoms with van der Waals surface area (Å²) in [5.74, 6) is -0.414. The van der Waals surface area contributed by atoms with Gasteiger partial charge in [0.25, 0.3) is 0 Å². The van der Waals surface area contributed by atoms with Gasteiger partial charge in [-0.3, -0.25) is 4.79 Å². The molecule has 1 atom stereocenters. The van der Waals surface area contributed by atoms with Crippen LogP contribution in [0.3, 0.4) is 0 Å². The molecule has 0 aromatic rings. The van der Waals surface area contributed by atoms with Crippen molar-refractivity contribution >= 4 is 12.0 Å². The summed E-state index contributed by atoms with van der Waals surface area (Å²) in [5, 5.41) is 5.24. The third-order valence-electron chi connectivity index (χ3n) is 2.52. The molecule has 1 aliphatic rings. The van der Waals surface area contributed by atoms with Crippen LogP contribution in [0.1, 0.15) is 27.2 Å². The number of ether oxygens (including phenoxy) is 1. The average Bonchev–Trinajstić information content (AvgIpc) is 2.71. The van der Waals surface area contributed by atoms with Crippen molar-refractivity contribution in [2.24, 2.45) is 5.41 Å². The lowest BCUT2D eigenvalue weighted by Crippen LogP contribution is -2.41. The predicted octanol–water partition coefficient (Wildman–Crippen LogP) is 0.647. The highest BCUT2D eigenvalue weighted by molar-refractivity contribution is 5.81. The minimum atomic E-state index is -0.414. The zero-order valence-corrected chi connectivity index (χ0v) is 9.42. The molecule has 0 saturated heterocycles. The first-order chi connectivity index (χ1) is 6.95. The van der Waals surface area contributed by atoms with Crippen LogP contribution in [0, 0.1) is 5.41 Å². The van der Waals surface area contributed by atoms with Crippen molar-refractivity contribution in [1.82, 2.24) is 10.6 Å². The van der Waals surface area contributed by atoms with Gasteiger partial charge in [0.15, 0.2) is 0 Å². The van der Waals surface area contributed by atoms with E-state index in [0.29, 0.717) is 6.61 Å². The number of hydrogen-bond donors (Lipinski definition) is 2. The van der Waals surface area contributed by atoms with Crippen LogP contribution >= 0.6 is 0 Å². The Kier molecular flexibility index (Phi) is 3.55. The summed E-state index contributed by atoms with van der Waals surface area (Å²) in [4.78, 5) is 22.2. The van der Waals surface area contributed by atoms with Crippen LogP contribution in [-0.4, -0.2) is 31.2 Å². The first-order valence-electron chi connectivity index (χ1n) is 5.15. The molecule has 0 spiro atoms. The van der Waals surface area contributed by atoms with Gasteiger partial charge in [-0.25, -0.2) is 4.79 Å². The molecular formula is C10H18N2O3. The second-order valence-electron chi connectivity index (χ2n) is 4.38. The Hall–Kier alpha value is -1.26. The molecule has 15 heavy (non-hydrogen) atoms. The zero-order chi connectivity index (χ0) is 11.5. The fourth-order valence-electron chi connectivity index (χ4n) is 1.29. The summed E-state index contributed by atoms with van der Waals surface area (Å²) in [7, 11) is 0. The minimum absolute atomic E-state index is 0.0766. The Morgan fingerprint density at radius 3 is 2.53 bits per heavy atom. The Balaban J connectivity index is 2.12. The van der Waals surface area contributed by atoms with Crippen molar-refractivity contribution in [3.05, 3.63) is 0 Å². The minimum Gasteiger partial charge on any atom is -0.465 e. The van der Waals surface area contributed by atoms with Crippen molar-refractivity contribution in [1.29, 1.82) is 0 Å². The molecule has 0 aliphatic heterocycles. The molecule has 0 heterocycles. The normalized spacial score (nSPS) is 21.7. The van der Waals surface area contributed by atoms with Crippen molar-refractivity contribution in [2.45, 2.75) is 33.2 Å². The van der Waals surface area contributed by atoms with Crippen LogP contribution in [0.4, 0.5) is 4.79 Å². The van der Waals surface area contributed by atoms with Gasteiger partial charge in [-0.05, 0) is 18.8 Å². The molecule has 0 aromatic carbocycles. The molecule has 5 heteroatoms. The lowest BCUT2D eigenvalue weighted by atomic mass is 10.2. The first-order valence-corrected chi connectivity index (χ1v) is 5.15. The van der Waals surface area contributed by atoms with E-state index < -0.39 is 5.97 Å². The number of amides is 2. The molecule has 0 aromatic heterocycles. The molecule has 86 valence electrons. The summed E-state index contributed by atoms with van der Waals surface area (Å²) in [6, 6.07) is -0.0849. The third-order valence-corrected chi connectivity index (χ3v) is 2.52. The number of carbonyl (C=O) groups excluding carboxylic acids is 2. The van der Waals surface area contributed by atoms with E-state index in [9.17, 15) is 9.59 Å². The summed E-state index contributed by atoms with van der Waals surface area (Å²) in [6.45, 7) is 6.15. The predicted molar refractivity (Wildman–Crippen MR) is 55.4 cm³/mol. The van der Waals surface area contributed by atoms with E-state index in [1.54, 1.807) is 6.92 Å². The number of carbonyl (C=O) groups is 2. The molecule has 2 N–H and O–H groups in total. The number of nitrogens with one attached hydrogen (secondary N) is 2. The van der Waals surface area contributed by atoms with Crippen LogP contribution in [-0.2, 0) is 9.53 Å². The molecule has 1 aliphatic carbocycles. The smallest absolute Gasteiger partial charge is 0.325 e. The van der Waals surface area contributed by atoms with E-state index in [-0.39, 0.29) is 24.0 Å². The Morgan fingerprint density at radius 2 is 2.07 bits per heavy atom. The Labute approximate surface area is 89.6 Å². The highest BCUT2D eigenvalue weighted by atomic mass is 16.5. The Bertz CT molecular complexity index is 263. The fraction of sp³-hybridized carbons (Fsp3) is 0.800. The van der Waals surface area contributed by atoms with Crippen LogP contribution in [0.2, 0.25) is 0 Å². The SMILES string of the molecule is CCOC(=O)CNC(=O)NC1CC1(C)C. The van der Waals surface area contributed by atoms with E-state index in [1.807, 2.05) is 0 Å². The van der Waals surface area contributed by atoms with Gasteiger partial charge in [-0.15, -0.1) is 0 Å². The van der Waals surface area contributed by atoms with E-state index in [2.05, 4.69) is 29.2 Å². The molecular weight excluding hydrogens is 196 g/mol. The topological polar surface area (TPSA) is 67.4 Å². The molecule has 0 radical (unpaired) electrons. The monoisotopic (exact) mass is 214 g/mol. The molecule has 2 amide bonds. The largest absolute Gasteiger partial charge is 0.465 e. The average molecular weight is 214 g/mol. The second kappa shape index (κ2) is 4.51. The third kappa shape index (κ3) is 3.77. The maximum absolute atomic E-state index is 11.3. The van der Waals surface area contributed by atoms with Gasteiger partial charge >= 0.3 is 12.0 Å². The van der Waals surface area contributed by atoms with Crippen molar-refractivity contribution in [3.8, 4) is 0 Å². The van der Waals surface area contributed by atoms with Gasteiger partial charge in [0, 0.05) is 6.04 Å². The fourth-order valence-corrected chi connectivity index (χ4v) is 1.29. The first kappa shape index (κ1) is 11.8. The number of rotatable bonds is 4. The lowest BCUT2D eigenvalue weighted by molar-refractivity contribution is -0.141. The molecule has 5 nitrogen and oxygen atoms in total. The van der Waals surface area contributed by atoms with E-state index >= 15 is 0 Å². The summed E-state index contributed by atoms with van der Waals surface area (Å²) >= 11 is 0. The Morgan fingerprint density at radius 1 is 1.47 bits per heavy atom. The highest BCUT2D eigenvalue weighted by Gasteiger charge is 2.46. The molecule has 1 saturated carbocycles. The van der Waals surface area contributed by atoms with Gasteiger partial charge in [0.2, 0.25) is 0 Å². The van der Waals surface area contributed by atoms with Crippen LogP contribution < -0.4 is 10.6 Å². The molecule has 1 fully saturated rings. The van der Waals surface area contributed by atoms with Gasteiger partial charge in [0.1, 0.15) is 6.54 Å². The van der Waals surface area contributed by atoms with Crippen LogP contribution in [0.25, 0.3) is 0 Å². The van der Waals surface area contributed by atoms with Crippen molar-refractivity contribution < 1.29 is 14.3 Å². The maximum Gasteiger partial charge on any atom is 0.325 e. The van der Waals surface area contributed by atoms with Crippen LogP contribution in [0.5, 0.6) is 0 Å².